The van der Waals surface area contributed by atoms with Crippen molar-refractivity contribution in [1.29, 1.82) is 0 Å². The molecular formula is C8H6Cl2N3Se. The molecule has 1 rings (SSSR count). The molecule has 14 heavy (non-hydrogen) atoms. The second kappa shape index (κ2) is 5.37. The first-order valence-corrected chi connectivity index (χ1v) is 5.19. The molecule has 2 N–H and O–H groups in total. The summed E-state index contributed by atoms with van der Waals surface area (Å²) in [6.45, 7) is 0. The van der Waals surface area contributed by atoms with Gasteiger partial charge in [0, 0.05) is 0 Å². The molecule has 0 aliphatic rings. The Kier molecular flexibility index (Phi) is 4.42. The summed E-state index contributed by atoms with van der Waals surface area (Å²) >= 11 is 14.0. The number of hydrogen-bond acceptors (Lipinski definition) is 2. The van der Waals surface area contributed by atoms with E-state index in [0.717, 1.165) is 5.56 Å². The molecule has 3 nitrogen and oxygen atoms in total. The summed E-state index contributed by atoms with van der Waals surface area (Å²) in [4.78, 5) is 0. The number of amidine groups is 1. The van der Waals surface area contributed by atoms with Crippen molar-refractivity contribution in [2.45, 2.75) is 0 Å². The normalized spacial score (nSPS) is 12.3. The van der Waals surface area contributed by atoms with Gasteiger partial charge in [-0.15, -0.1) is 0 Å². The van der Waals surface area contributed by atoms with Gasteiger partial charge in [-0.3, -0.25) is 0 Å². The van der Waals surface area contributed by atoms with Crippen LogP contribution in [-0.2, 0) is 0 Å². The van der Waals surface area contributed by atoms with Crippen molar-refractivity contribution in [2.24, 2.45) is 15.9 Å². The predicted octanol–water partition coefficient (Wildman–Crippen LogP) is 1.81. The summed E-state index contributed by atoms with van der Waals surface area (Å²) in [5, 5.41) is 8.31. The molecular weight excluding hydrogens is 288 g/mol. The molecule has 0 amide bonds. The zero-order valence-electron chi connectivity index (χ0n) is 6.95. The van der Waals surface area contributed by atoms with Crippen LogP contribution in [0.2, 0.25) is 10.0 Å². The topological polar surface area (TPSA) is 50.7 Å². The number of rotatable bonds is 2. The van der Waals surface area contributed by atoms with Gasteiger partial charge in [-0.2, -0.15) is 0 Å². The van der Waals surface area contributed by atoms with Gasteiger partial charge < -0.3 is 0 Å². The fourth-order valence-electron chi connectivity index (χ4n) is 0.745. The summed E-state index contributed by atoms with van der Waals surface area (Å²) in [6.07, 6.45) is 1.53. The fraction of sp³-hybridized carbons (Fsp3) is 0. The van der Waals surface area contributed by atoms with Gasteiger partial charge in [0.2, 0.25) is 0 Å². The molecule has 0 atom stereocenters. The van der Waals surface area contributed by atoms with E-state index in [1.807, 2.05) is 0 Å². The molecule has 0 saturated carbocycles. The maximum absolute atomic E-state index is 5.80. The van der Waals surface area contributed by atoms with E-state index in [9.17, 15) is 0 Å². The Bertz CT molecular complexity index is 386. The Hall–Kier alpha value is -0.541. The van der Waals surface area contributed by atoms with E-state index >= 15 is 0 Å². The molecule has 0 heterocycles. The predicted molar refractivity (Wildman–Crippen MR) is 61.4 cm³/mol. The Morgan fingerprint density at radius 2 is 2.07 bits per heavy atom. The molecule has 1 radical (unpaired) electrons. The second-order valence-electron chi connectivity index (χ2n) is 2.36. The average Bonchev–Trinajstić information content (AvgIpc) is 2.10. The van der Waals surface area contributed by atoms with Crippen molar-refractivity contribution < 1.29 is 0 Å². The Balaban J connectivity index is 2.83. The third-order valence-corrected chi connectivity index (χ3v) is 2.22. The minimum atomic E-state index is 0.279. The Labute approximate surface area is 99.8 Å². The van der Waals surface area contributed by atoms with E-state index in [1.54, 1.807) is 18.2 Å². The number of nitrogens with two attached hydrogens (primary N) is 1. The van der Waals surface area contributed by atoms with Crippen LogP contribution < -0.4 is 5.73 Å². The molecule has 73 valence electrons. The summed E-state index contributed by atoms with van der Waals surface area (Å²) in [6, 6.07) is 5.16. The van der Waals surface area contributed by atoms with Gasteiger partial charge in [0.25, 0.3) is 0 Å². The van der Waals surface area contributed by atoms with E-state index in [1.165, 1.54) is 6.21 Å². The third kappa shape index (κ3) is 3.68. The van der Waals surface area contributed by atoms with Gasteiger partial charge in [-0.1, -0.05) is 0 Å². The quantitative estimate of drug-likeness (QED) is 0.384. The number of halogens is 2. The van der Waals surface area contributed by atoms with Crippen molar-refractivity contribution in [3.05, 3.63) is 33.8 Å². The molecule has 0 bridgehead atoms. The molecule has 0 unspecified atom stereocenters. The second-order valence-corrected chi connectivity index (χ2v) is 4.05. The standard InChI is InChI=1S/C8H6Cl2N3Se/c9-6-2-1-5(3-7(6)10)4-12-13-8(11)14/h1-4H,(H2,11,13)/b12-4+. The average molecular weight is 294 g/mol. The molecule has 0 fully saturated rings. The zero-order chi connectivity index (χ0) is 10.6. The minimum absolute atomic E-state index is 0.279. The first kappa shape index (κ1) is 11.5. The maximum atomic E-state index is 5.80. The van der Waals surface area contributed by atoms with Crippen molar-refractivity contribution >= 4 is 50.2 Å². The van der Waals surface area contributed by atoms with Gasteiger partial charge in [0.1, 0.15) is 0 Å². The van der Waals surface area contributed by atoms with Gasteiger partial charge in [0.15, 0.2) is 0 Å². The van der Waals surface area contributed by atoms with Crippen LogP contribution in [0, 0.1) is 0 Å². The van der Waals surface area contributed by atoms with Crippen LogP contribution in [0.3, 0.4) is 0 Å². The molecule has 0 spiro atoms. The van der Waals surface area contributed by atoms with Crippen LogP contribution in [0.1, 0.15) is 5.56 Å². The van der Waals surface area contributed by atoms with Gasteiger partial charge in [-0.05, 0) is 0 Å². The molecule has 0 aliphatic heterocycles. The van der Waals surface area contributed by atoms with Crippen LogP contribution in [0.15, 0.2) is 28.4 Å². The Morgan fingerprint density at radius 3 is 2.64 bits per heavy atom. The van der Waals surface area contributed by atoms with E-state index in [2.05, 4.69) is 26.2 Å². The molecule has 1 aromatic carbocycles. The first-order valence-electron chi connectivity index (χ1n) is 3.58. The summed E-state index contributed by atoms with van der Waals surface area (Å²) < 4.78 is 0.279. The van der Waals surface area contributed by atoms with Crippen LogP contribution in [0.25, 0.3) is 0 Å². The van der Waals surface area contributed by atoms with Crippen LogP contribution in [0.5, 0.6) is 0 Å². The molecule has 6 heteroatoms. The van der Waals surface area contributed by atoms with Crippen molar-refractivity contribution in [1.82, 2.24) is 0 Å². The third-order valence-electron chi connectivity index (χ3n) is 1.31. The van der Waals surface area contributed by atoms with E-state index in [0.29, 0.717) is 10.0 Å². The summed E-state index contributed by atoms with van der Waals surface area (Å²) in [7, 11) is 0. The van der Waals surface area contributed by atoms with E-state index in [4.69, 9.17) is 28.9 Å². The molecule has 1 aromatic rings. The number of benzene rings is 1. The Morgan fingerprint density at radius 1 is 1.36 bits per heavy atom. The zero-order valence-corrected chi connectivity index (χ0v) is 10.2. The van der Waals surface area contributed by atoms with Crippen molar-refractivity contribution in [3.8, 4) is 0 Å². The van der Waals surface area contributed by atoms with Crippen LogP contribution in [-0.4, -0.2) is 27.0 Å². The first-order chi connectivity index (χ1) is 6.59. The number of nitrogens with zero attached hydrogens (tertiary/aromatic N) is 2. The number of hydrogen-bond donors (Lipinski definition) is 1. The van der Waals surface area contributed by atoms with Gasteiger partial charge in [0.05, 0.1) is 0 Å². The molecule has 0 saturated heterocycles. The van der Waals surface area contributed by atoms with E-state index in [-0.39, 0.29) is 4.73 Å². The SMILES string of the molecule is N/C([Se])=N/N=C/c1ccc(Cl)c(Cl)c1. The summed E-state index contributed by atoms with van der Waals surface area (Å²) in [5.74, 6) is 0. The van der Waals surface area contributed by atoms with Crippen LogP contribution >= 0.6 is 23.2 Å². The molecule has 0 aliphatic carbocycles. The van der Waals surface area contributed by atoms with E-state index < -0.39 is 0 Å². The van der Waals surface area contributed by atoms with Crippen molar-refractivity contribution in [2.75, 3.05) is 0 Å². The molecule has 0 aromatic heterocycles. The van der Waals surface area contributed by atoms with Gasteiger partial charge >= 0.3 is 99.9 Å². The van der Waals surface area contributed by atoms with Gasteiger partial charge in [-0.25, -0.2) is 0 Å². The van der Waals surface area contributed by atoms with Crippen LogP contribution in [0.4, 0.5) is 0 Å². The van der Waals surface area contributed by atoms with Crippen molar-refractivity contribution in [3.63, 3.8) is 0 Å². The monoisotopic (exact) mass is 294 g/mol. The fourth-order valence-corrected chi connectivity index (χ4v) is 1.15. The summed E-state index contributed by atoms with van der Waals surface area (Å²) in [5.41, 5.74) is 6.05.